The van der Waals surface area contributed by atoms with Crippen molar-refractivity contribution in [1.82, 2.24) is 15.0 Å². The van der Waals surface area contributed by atoms with Gasteiger partial charge in [-0.05, 0) is 64.4 Å². The highest BCUT2D eigenvalue weighted by Crippen LogP contribution is 2.42. The molecule has 0 amide bonds. The largest absolute Gasteiger partial charge is 0.456 e. The summed E-state index contributed by atoms with van der Waals surface area (Å²) in [6.45, 7) is 0. The van der Waals surface area contributed by atoms with Gasteiger partial charge in [-0.3, -0.25) is 0 Å². The monoisotopic (exact) mass is 649 g/mol. The van der Waals surface area contributed by atoms with Crippen LogP contribution in [0.3, 0.4) is 0 Å². The molecule has 49 heavy (non-hydrogen) atoms. The van der Waals surface area contributed by atoms with E-state index < -0.39 is 0 Å². The Morgan fingerprint density at radius 2 is 1.00 bits per heavy atom. The van der Waals surface area contributed by atoms with E-state index in [-0.39, 0.29) is 0 Å². The smallest absolute Gasteiger partial charge is 0.167 e. The second kappa shape index (κ2) is 10.9. The summed E-state index contributed by atoms with van der Waals surface area (Å²) in [7, 11) is 0. The second-order valence-electron chi connectivity index (χ2n) is 12.1. The maximum atomic E-state index is 6.46. The molecule has 0 spiro atoms. The molecule has 0 aliphatic rings. The van der Waals surface area contributed by atoms with Gasteiger partial charge in [0.05, 0.1) is 5.56 Å². The van der Waals surface area contributed by atoms with Gasteiger partial charge in [0.15, 0.2) is 17.5 Å². The van der Waals surface area contributed by atoms with Crippen LogP contribution >= 0.6 is 11.6 Å². The zero-order valence-corrected chi connectivity index (χ0v) is 26.6. The number of furan rings is 2. The number of para-hydroxylation sites is 2. The molecule has 0 N–H and O–H groups in total. The number of fused-ring (bicyclic) bond motifs is 7. The first kappa shape index (κ1) is 27.8. The molecule has 0 bridgehead atoms. The van der Waals surface area contributed by atoms with Crippen LogP contribution < -0.4 is 0 Å². The van der Waals surface area contributed by atoms with Crippen molar-refractivity contribution in [3.8, 4) is 45.3 Å². The van der Waals surface area contributed by atoms with Crippen LogP contribution in [-0.2, 0) is 0 Å². The van der Waals surface area contributed by atoms with Crippen LogP contribution in [0.1, 0.15) is 0 Å². The molecule has 0 radical (unpaired) electrons. The van der Waals surface area contributed by atoms with Crippen LogP contribution in [0.15, 0.2) is 154 Å². The van der Waals surface area contributed by atoms with Crippen LogP contribution in [-0.4, -0.2) is 15.0 Å². The third kappa shape index (κ3) is 4.44. The van der Waals surface area contributed by atoms with Gasteiger partial charge in [-0.15, -0.1) is 0 Å². The van der Waals surface area contributed by atoms with Crippen LogP contribution in [0.4, 0.5) is 0 Å². The first-order chi connectivity index (χ1) is 24.2. The fourth-order valence-electron chi connectivity index (χ4n) is 7.01. The van der Waals surface area contributed by atoms with E-state index in [1.54, 1.807) is 0 Å². The summed E-state index contributed by atoms with van der Waals surface area (Å²) in [5.41, 5.74) is 7.97. The lowest BCUT2D eigenvalue weighted by molar-refractivity contribution is 0.669. The molecule has 0 unspecified atom stereocenters. The molecule has 0 saturated carbocycles. The van der Waals surface area contributed by atoms with E-state index in [2.05, 4.69) is 54.6 Å². The van der Waals surface area contributed by atoms with E-state index in [9.17, 15) is 0 Å². The quantitative estimate of drug-likeness (QED) is 0.190. The molecule has 3 heterocycles. The van der Waals surface area contributed by atoms with Gasteiger partial charge < -0.3 is 8.83 Å². The standard InChI is InChI=1S/C43H24ClN3O2/c44-26-20-23-37-35(24-26)39-31(15-9-19-38(39)48-37)29-21-22-33(28-13-5-4-12-27(28)29)42-45-41(25-10-2-1-3-11-25)46-43(47-42)34-17-8-16-32-30-14-6-7-18-36(30)49-40(32)34/h1-24H. The molecule has 10 rings (SSSR count). The molecule has 0 aliphatic carbocycles. The van der Waals surface area contributed by atoms with Gasteiger partial charge in [0.25, 0.3) is 0 Å². The minimum Gasteiger partial charge on any atom is -0.456 e. The fourth-order valence-corrected chi connectivity index (χ4v) is 7.18. The van der Waals surface area contributed by atoms with E-state index in [1.165, 1.54) is 0 Å². The first-order valence-corrected chi connectivity index (χ1v) is 16.4. The van der Waals surface area contributed by atoms with Crippen molar-refractivity contribution < 1.29 is 8.83 Å². The number of aromatic nitrogens is 3. The van der Waals surface area contributed by atoms with E-state index in [1.807, 2.05) is 91.0 Å². The zero-order valence-electron chi connectivity index (χ0n) is 25.9. The molecular formula is C43H24ClN3O2. The van der Waals surface area contributed by atoms with Crippen LogP contribution in [0.5, 0.6) is 0 Å². The third-order valence-corrected chi connectivity index (χ3v) is 9.46. The fraction of sp³-hybridized carbons (Fsp3) is 0. The van der Waals surface area contributed by atoms with Crippen molar-refractivity contribution in [1.29, 1.82) is 0 Å². The molecule has 230 valence electrons. The molecule has 0 aliphatic heterocycles. The normalized spacial score (nSPS) is 11.8. The molecule has 6 heteroatoms. The predicted molar refractivity (Wildman–Crippen MR) is 199 cm³/mol. The molecule has 5 nitrogen and oxygen atoms in total. The molecule has 0 saturated heterocycles. The maximum Gasteiger partial charge on any atom is 0.167 e. The summed E-state index contributed by atoms with van der Waals surface area (Å²) in [5, 5.41) is 6.87. The van der Waals surface area contributed by atoms with Crippen LogP contribution in [0.25, 0.3) is 99.9 Å². The van der Waals surface area contributed by atoms with Crippen molar-refractivity contribution in [3.05, 3.63) is 151 Å². The lowest BCUT2D eigenvalue weighted by Crippen LogP contribution is -2.01. The summed E-state index contributed by atoms with van der Waals surface area (Å²) in [5.74, 6) is 1.72. The Hall–Kier alpha value is -6.30. The minimum atomic E-state index is 0.549. The van der Waals surface area contributed by atoms with Gasteiger partial charge in [-0.1, -0.05) is 115 Å². The van der Waals surface area contributed by atoms with Crippen LogP contribution in [0.2, 0.25) is 5.02 Å². The molecule has 0 fully saturated rings. The summed E-state index contributed by atoms with van der Waals surface area (Å²) in [6, 6.07) is 48.8. The van der Waals surface area contributed by atoms with Crippen molar-refractivity contribution in [3.63, 3.8) is 0 Å². The number of benzene rings is 7. The summed E-state index contributed by atoms with van der Waals surface area (Å²) in [4.78, 5) is 15.3. The number of hydrogen-bond donors (Lipinski definition) is 0. The minimum absolute atomic E-state index is 0.549. The van der Waals surface area contributed by atoms with Gasteiger partial charge in [-0.25, -0.2) is 15.0 Å². The summed E-state index contributed by atoms with van der Waals surface area (Å²) >= 11 is 6.46. The highest BCUT2D eigenvalue weighted by atomic mass is 35.5. The molecule has 10 aromatic rings. The molecular weight excluding hydrogens is 626 g/mol. The number of halogens is 1. The van der Waals surface area contributed by atoms with Gasteiger partial charge in [0.2, 0.25) is 0 Å². The van der Waals surface area contributed by atoms with Crippen molar-refractivity contribution in [2.45, 2.75) is 0 Å². The summed E-state index contributed by atoms with van der Waals surface area (Å²) in [6.07, 6.45) is 0. The second-order valence-corrected chi connectivity index (χ2v) is 12.5. The SMILES string of the molecule is Clc1ccc2oc3cccc(-c4ccc(-c5nc(-c6ccccc6)nc(-c6cccc7c6oc6ccccc67)n5)c5ccccc45)c3c2c1. The molecule has 7 aromatic carbocycles. The Morgan fingerprint density at radius 1 is 0.388 bits per heavy atom. The average molecular weight is 650 g/mol. The van der Waals surface area contributed by atoms with E-state index in [4.69, 9.17) is 35.4 Å². The van der Waals surface area contributed by atoms with Gasteiger partial charge in [0.1, 0.15) is 22.3 Å². The topological polar surface area (TPSA) is 65.0 Å². The Bertz CT molecular complexity index is 2910. The van der Waals surface area contributed by atoms with E-state index >= 15 is 0 Å². The van der Waals surface area contributed by atoms with Gasteiger partial charge in [0, 0.05) is 37.7 Å². The Labute approximate surface area is 285 Å². The molecule has 3 aromatic heterocycles. The first-order valence-electron chi connectivity index (χ1n) is 16.0. The lowest BCUT2D eigenvalue weighted by Gasteiger charge is -2.14. The van der Waals surface area contributed by atoms with Gasteiger partial charge in [-0.2, -0.15) is 0 Å². The highest BCUT2D eigenvalue weighted by molar-refractivity contribution is 6.32. The third-order valence-electron chi connectivity index (χ3n) is 9.22. The zero-order chi connectivity index (χ0) is 32.5. The van der Waals surface area contributed by atoms with Gasteiger partial charge >= 0.3 is 0 Å². The van der Waals surface area contributed by atoms with Crippen LogP contribution in [0, 0.1) is 0 Å². The Morgan fingerprint density at radius 3 is 1.86 bits per heavy atom. The van der Waals surface area contributed by atoms with Crippen molar-refractivity contribution >= 4 is 66.3 Å². The Balaban J connectivity index is 1.22. The highest BCUT2D eigenvalue weighted by Gasteiger charge is 2.20. The number of nitrogens with zero attached hydrogens (tertiary/aromatic N) is 3. The molecule has 0 atom stereocenters. The van der Waals surface area contributed by atoms with E-state index in [0.717, 1.165) is 82.5 Å². The van der Waals surface area contributed by atoms with E-state index in [0.29, 0.717) is 22.5 Å². The average Bonchev–Trinajstić information content (AvgIpc) is 3.73. The van der Waals surface area contributed by atoms with Crippen molar-refractivity contribution in [2.75, 3.05) is 0 Å². The Kier molecular flexibility index (Phi) is 6.16. The van der Waals surface area contributed by atoms with Crippen molar-refractivity contribution in [2.24, 2.45) is 0 Å². The lowest BCUT2D eigenvalue weighted by atomic mass is 9.92. The predicted octanol–water partition coefficient (Wildman–Crippen LogP) is 12.1. The summed E-state index contributed by atoms with van der Waals surface area (Å²) < 4.78 is 12.7. The number of hydrogen-bond acceptors (Lipinski definition) is 5. The maximum absolute atomic E-state index is 6.46. The number of rotatable bonds is 4.